The van der Waals surface area contributed by atoms with Crippen LogP contribution >= 0.6 is 34.5 Å². The zero-order valence-corrected chi connectivity index (χ0v) is 17.0. The number of thiazole rings is 1. The van der Waals surface area contributed by atoms with Crippen LogP contribution in [0.4, 0.5) is 5.13 Å². The van der Waals surface area contributed by atoms with Gasteiger partial charge >= 0.3 is 0 Å². The van der Waals surface area contributed by atoms with Crippen LogP contribution < -0.4 is 5.32 Å². The number of carbonyl (C=O) groups is 1. The maximum absolute atomic E-state index is 12.3. The van der Waals surface area contributed by atoms with E-state index in [-0.39, 0.29) is 16.1 Å². The highest BCUT2D eigenvalue weighted by molar-refractivity contribution is 7.14. The summed E-state index contributed by atoms with van der Waals surface area (Å²) in [6, 6.07) is 3.62. The minimum Gasteiger partial charge on any atom is -0.348 e. The summed E-state index contributed by atoms with van der Waals surface area (Å²) in [6.07, 6.45) is 2.46. The molecule has 0 atom stereocenters. The van der Waals surface area contributed by atoms with Gasteiger partial charge in [0.15, 0.2) is 5.13 Å². The van der Waals surface area contributed by atoms with Gasteiger partial charge in [0.2, 0.25) is 0 Å². The first-order valence-corrected chi connectivity index (χ1v) is 9.79. The van der Waals surface area contributed by atoms with E-state index in [1.807, 2.05) is 5.38 Å². The number of anilines is 1. The van der Waals surface area contributed by atoms with E-state index in [2.05, 4.69) is 46.7 Å². The lowest BCUT2D eigenvalue weighted by Crippen LogP contribution is -2.12. The summed E-state index contributed by atoms with van der Waals surface area (Å²) >= 11 is 13.1. The van der Waals surface area contributed by atoms with Crippen molar-refractivity contribution in [2.24, 2.45) is 0 Å². The molecule has 0 aliphatic carbocycles. The highest BCUT2D eigenvalue weighted by Crippen LogP contribution is 2.30. The number of amides is 1. The third-order valence-corrected chi connectivity index (χ3v) is 5.52. The highest BCUT2D eigenvalue weighted by Gasteiger charge is 2.15. The maximum atomic E-state index is 12.3. The average molecular weight is 409 g/mol. The van der Waals surface area contributed by atoms with Crippen LogP contribution in [0.1, 0.15) is 35.1 Å². The van der Waals surface area contributed by atoms with Crippen LogP contribution in [-0.4, -0.2) is 20.4 Å². The number of nitrogens with one attached hydrogen (secondary N) is 1. The van der Waals surface area contributed by atoms with Gasteiger partial charge in [-0.2, -0.15) is 0 Å². The predicted molar refractivity (Wildman–Crippen MR) is 108 cm³/mol. The van der Waals surface area contributed by atoms with Crippen LogP contribution in [-0.2, 0) is 6.54 Å². The average Bonchev–Trinajstić information content (AvgIpc) is 3.17. The molecule has 0 bridgehead atoms. The molecule has 0 unspecified atom stereocenters. The SMILES string of the molecule is CCCn1c(C)cc(-c2csc(NC(=O)c3cnc(Cl)c(Cl)c3)n2)c1C. The number of pyridine rings is 1. The number of nitrogens with zero attached hydrogens (tertiary/aromatic N) is 3. The molecule has 0 aromatic carbocycles. The van der Waals surface area contributed by atoms with Gasteiger partial charge in [0.25, 0.3) is 5.91 Å². The molecule has 8 heteroatoms. The number of halogens is 2. The Morgan fingerprint density at radius 3 is 2.77 bits per heavy atom. The van der Waals surface area contributed by atoms with Crippen molar-refractivity contribution in [1.82, 2.24) is 14.5 Å². The van der Waals surface area contributed by atoms with Gasteiger partial charge in [0, 0.05) is 35.1 Å². The first-order chi connectivity index (χ1) is 12.4. The van der Waals surface area contributed by atoms with Gasteiger partial charge in [-0.25, -0.2) is 9.97 Å². The summed E-state index contributed by atoms with van der Waals surface area (Å²) in [4.78, 5) is 20.8. The predicted octanol–water partition coefficient (Wildman–Crippen LogP) is 5.59. The topological polar surface area (TPSA) is 59.8 Å². The van der Waals surface area contributed by atoms with Crippen molar-refractivity contribution >= 4 is 45.6 Å². The molecule has 26 heavy (non-hydrogen) atoms. The summed E-state index contributed by atoms with van der Waals surface area (Å²) in [5, 5.41) is 5.66. The number of carbonyl (C=O) groups excluding carboxylic acids is 1. The van der Waals surface area contributed by atoms with E-state index in [0.29, 0.717) is 10.7 Å². The zero-order valence-electron chi connectivity index (χ0n) is 14.6. The standard InChI is InChI=1S/C18H18Cl2N4OS/c1-4-5-24-10(2)6-13(11(24)3)15-9-26-18(22-15)23-17(25)12-7-14(19)16(20)21-8-12/h6-9H,4-5H2,1-3H3,(H,22,23,25). The molecule has 0 radical (unpaired) electrons. The first-order valence-electron chi connectivity index (χ1n) is 8.15. The molecule has 1 N–H and O–H groups in total. The van der Waals surface area contributed by atoms with E-state index >= 15 is 0 Å². The summed E-state index contributed by atoms with van der Waals surface area (Å²) in [5.74, 6) is -0.326. The van der Waals surface area contributed by atoms with Crippen molar-refractivity contribution in [3.63, 3.8) is 0 Å². The molecule has 0 saturated carbocycles. The molecule has 0 spiro atoms. The Balaban J connectivity index is 1.81. The van der Waals surface area contributed by atoms with Crippen LogP contribution in [0.3, 0.4) is 0 Å². The lowest BCUT2D eigenvalue weighted by atomic mass is 10.2. The summed E-state index contributed by atoms with van der Waals surface area (Å²) in [5.41, 5.74) is 4.66. The minimum absolute atomic E-state index is 0.169. The Morgan fingerprint density at radius 1 is 1.31 bits per heavy atom. The molecule has 0 aliphatic heterocycles. The monoisotopic (exact) mass is 408 g/mol. The Hall–Kier alpha value is -1.89. The zero-order chi connectivity index (χ0) is 18.8. The van der Waals surface area contributed by atoms with Crippen LogP contribution in [0.2, 0.25) is 10.2 Å². The van der Waals surface area contributed by atoms with Crippen molar-refractivity contribution in [2.45, 2.75) is 33.7 Å². The first kappa shape index (κ1) is 18.9. The molecule has 5 nitrogen and oxygen atoms in total. The fourth-order valence-corrected chi connectivity index (χ4v) is 3.77. The molecule has 0 aliphatic rings. The van der Waals surface area contributed by atoms with Gasteiger partial charge in [-0.15, -0.1) is 11.3 Å². The Morgan fingerprint density at radius 2 is 2.08 bits per heavy atom. The van der Waals surface area contributed by atoms with Crippen molar-refractivity contribution in [1.29, 1.82) is 0 Å². The number of hydrogen-bond donors (Lipinski definition) is 1. The quantitative estimate of drug-likeness (QED) is 0.559. The summed E-state index contributed by atoms with van der Waals surface area (Å²) in [7, 11) is 0. The molecule has 1 amide bonds. The minimum atomic E-state index is -0.326. The van der Waals surface area contributed by atoms with Gasteiger partial charge in [-0.1, -0.05) is 30.1 Å². The summed E-state index contributed by atoms with van der Waals surface area (Å²) < 4.78 is 2.29. The molecule has 0 fully saturated rings. The lowest BCUT2D eigenvalue weighted by Gasteiger charge is -2.07. The molecular formula is C18H18Cl2N4OS. The van der Waals surface area contributed by atoms with Crippen LogP contribution in [0.25, 0.3) is 11.3 Å². The van der Waals surface area contributed by atoms with Crippen LogP contribution in [0, 0.1) is 13.8 Å². The van der Waals surface area contributed by atoms with E-state index in [1.165, 1.54) is 35.0 Å². The molecule has 3 aromatic heterocycles. The number of hydrogen-bond acceptors (Lipinski definition) is 4. The van der Waals surface area contributed by atoms with Gasteiger partial charge < -0.3 is 4.57 Å². The molecule has 136 valence electrons. The normalized spacial score (nSPS) is 11.0. The second kappa shape index (κ2) is 7.78. The molecule has 3 rings (SSSR count). The van der Waals surface area contributed by atoms with Gasteiger partial charge in [0.1, 0.15) is 5.15 Å². The summed E-state index contributed by atoms with van der Waals surface area (Å²) in [6.45, 7) is 7.33. The molecular weight excluding hydrogens is 391 g/mol. The van der Waals surface area contributed by atoms with Crippen LogP contribution in [0.15, 0.2) is 23.7 Å². The number of aryl methyl sites for hydroxylation is 1. The third kappa shape index (κ3) is 3.77. The van der Waals surface area contributed by atoms with Crippen LogP contribution in [0.5, 0.6) is 0 Å². The number of aromatic nitrogens is 3. The van der Waals surface area contributed by atoms with E-state index in [1.54, 1.807) is 0 Å². The largest absolute Gasteiger partial charge is 0.348 e. The van der Waals surface area contributed by atoms with E-state index in [4.69, 9.17) is 23.2 Å². The Kier molecular flexibility index (Phi) is 5.65. The van der Waals surface area contributed by atoms with Gasteiger partial charge in [-0.05, 0) is 32.4 Å². The molecule has 3 aromatic rings. The molecule has 3 heterocycles. The van der Waals surface area contributed by atoms with E-state index < -0.39 is 0 Å². The van der Waals surface area contributed by atoms with Gasteiger partial charge in [-0.3, -0.25) is 10.1 Å². The second-order valence-corrected chi connectivity index (χ2v) is 7.55. The fraction of sp³-hybridized carbons (Fsp3) is 0.278. The Bertz CT molecular complexity index is 964. The lowest BCUT2D eigenvalue weighted by molar-refractivity contribution is 0.102. The van der Waals surface area contributed by atoms with Gasteiger partial charge in [0.05, 0.1) is 16.3 Å². The fourth-order valence-electron chi connectivity index (χ4n) is 2.80. The number of rotatable bonds is 5. The Labute approximate surface area is 166 Å². The van der Waals surface area contributed by atoms with Crippen molar-refractivity contribution in [3.05, 3.63) is 50.8 Å². The highest BCUT2D eigenvalue weighted by atomic mass is 35.5. The molecule has 0 saturated heterocycles. The smallest absolute Gasteiger partial charge is 0.259 e. The third-order valence-electron chi connectivity index (χ3n) is 4.08. The maximum Gasteiger partial charge on any atom is 0.259 e. The van der Waals surface area contributed by atoms with Crippen molar-refractivity contribution < 1.29 is 4.79 Å². The van der Waals surface area contributed by atoms with E-state index in [0.717, 1.165) is 24.2 Å². The van der Waals surface area contributed by atoms with Crippen molar-refractivity contribution in [3.8, 4) is 11.3 Å². The second-order valence-electron chi connectivity index (χ2n) is 5.93. The van der Waals surface area contributed by atoms with Crippen molar-refractivity contribution in [2.75, 3.05) is 5.32 Å². The van der Waals surface area contributed by atoms with E-state index in [9.17, 15) is 4.79 Å².